The first kappa shape index (κ1) is 18.7. The number of hydrogen-bond donors (Lipinski definition) is 0. The van der Waals surface area contributed by atoms with E-state index in [2.05, 4.69) is 56.2 Å². The fourth-order valence-electron chi connectivity index (χ4n) is 3.79. The third-order valence-electron chi connectivity index (χ3n) is 5.58. The minimum atomic E-state index is 0.218. The number of rotatable bonds is 3. The maximum atomic E-state index is 12.5. The Morgan fingerprint density at radius 1 is 0.870 bits per heavy atom. The summed E-state index contributed by atoms with van der Waals surface area (Å²) in [7, 11) is 0. The van der Waals surface area contributed by atoms with Crippen molar-refractivity contribution >= 4 is 5.91 Å². The lowest BCUT2D eigenvalue weighted by atomic mass is 10.0. The van der Waals surface area contributed by atoms with Crippen molar-refractivity contribution < 1.29 is 4.79 Å². The molecule has 4 nitrogen and oxygen atoms in total. The van der Waals surface area contributed by atoms with Gasteiger partial charge < -0.3 is 4.90 Å². The van der Waals surface area contributed by atoms with Gasteiger partial charge in [-0.25, -0.2) is 0 Å². The molecule has 0 aromatic carbocycles. The number of piperazine rings is 1. The lowest BCUT2D eigenvalue weighted by molar-refractivity contribution is -0.134. The number of likely N-dealkylation sites (tertiary alicyclic amines) is 1. The Hall–Kier alpha value is -0.610. The molecule has 1 unspecified atom stereocenters. The van der Waals surface area contributed by atoms with Crippen LogP contribution in [0.25, 0.3) is 0 Å². The largest absolute Gasteiger partial charge is 0.340 e. The van der Waals surface area contributed by atoms with Gasteiger partial charge in [0.05, 0.1) is 0 Å². The maximum absolute atomic E-state index is 12.5. The van der Waals surface area contributed by atoms with Crippen LogP contribution in [-0.2, 0) is 4.79 Å². The van der Waals surface area contributed by atoms with Crippen molar-refractivity contribution in [2.45, 2.75) is 71.9 Å². The van der Waals surface area contributed by atoms with E-state index >= 15 is 0 Å². The Balaban J connectivity index is 1.71. The molecule has 0 aromatic heterocycles. The van der Waals surface area contributed by atoms with Gasteiger partial charge in [0.1, 0.15) is 0 Å². The Morgan fingerprint density at radius 3 is 1.91 bits per heavy atom. The first-order chi connectivity index (χ1) is 10.6. The third-order valence-corrected chi connectivity index (χ3v) is 5.58. The van der Waals surface area contributed by atoms with Crippen molar-refractivity contribution in [2.75, 3.05) is 39.3 Å². The van der Waals surface area contributed by atoms with Gasteiger partial charge in [0.25, 0.3) is 0 Å². The van der Waals surface area contributed by atoms with E-state index in [0.717, 1.165) is 45.6 Å². The first-order valence-corrected chi connectivity index (χ1v) is 9.35. The average Bonchev–Trinajstić information content (AvgIpc) is 2.93. The first-order valence-electron chi connectivity index (χ1n) is 9.35. The molecule has 1 amide bonds. The quantitative estimate of drug-likeness (QED) is 0.799. The molecule has 2 aliphatic rings. The van der Waals surface area contributed by atoms with E-state index in [1.54, 1.807) is 0 Å². The molecule has 0 saturated carbocycles. The van der Waals surface area contributed by atoms with Crippen molar-refractivity contribution in [3.63, 3.8) is 0 Å². The monoisotopic (exact) mass is 323 g/mol. The molecular weight excluding hydrogens is 286 g/mol. The van der Waals surface area contributed by atoms with Crippen LogP contribution in [0.1, 0.15) is 60.8 Å². The van der Waals surface area contributed by atoms with Crippen LogP contribution in [0.4, 0.5) is 0 Å². The van der Waals surface area contributed by atoms with Crippen molar-refractivity contribution in [2.24, 2.45) is 5.92 Å². The van der Waals surface area contributed by atoms with E-state index in [4.69, 9.17) is 0 Å². The lowest BCUT2D eigenvalue weighted by Gasteiger charge is -2.42. The molecule has 134 valence electrons. The molecule has 2 aliphatic heterocycles. The Labute approximate surface area is 143 Å². The SMILES string of the molecule is CC(C)(C)N1CCN(C(=O)CCC2CCN(C(C)(C)C)C2)CC1. The molecule has 0 aromatic rings. The summed E-state index contributed by atoms with van der Waals surface area (Å²) in [4.78, 5) is 19.6. The molecule has 2 rings (SSSR count). The van der Waals surface area contributed by atoms with Gasteiger partial charge in [-0.15, -0.1) is 0 Å². The van der Waals surface area contributed by atoms with Crippen LogP contribution in [0, 0.1) is 5.92 Å². The second-order valence-electron chi connectivity index (χ2n) is 9.35. The molecule has 0 N–H and O–H groups in total. The average molecular weight is 324 g/mol. The summed E-state index contributed by atoms with van der Waals surface area (Å²) in [6.45, 7) is 19.8. The number of hydrogen-bond acceptors (Lipinski definition) is 3. The summed E-state index contributed by atoms with van der Waals surface area (Å²) in [5.41, 5.74) is 0.484. The highest BCUT2D eigenvalue weighted by Crippen LogP contribution is 2.27. The number of carbonyl (C=O) groups is 1. The molecule has 0 bridgehead atoms. The summed E-state index contributed by atoms with van der Waals surface area (Å²) in [5.74, 6) is 1.07. The highest BCUT2D eigenvalue weighted by atomic mass is 16.2. The normalized spacial score (nSPS) is 25.1. The number of nitrogens with zero attached hydrogens (tertiary/aromatic N) is 3. The predicted molar refractivity (Wildman–Crippen MR) is 96.6 cm³/mol. The summed E-state index contributed by atoms with van der Waals surface area (Å²) in [6, 6.07) is 0. The van der Waals surface area contributed by atoms with Gasteiger partial charge in [0.15, 0.2) is 0 Å². The van der Waals surface area contributed by atoms with E-state index in [0.29, 0.717) is 11.8 Å². The maximum Gasteiger partial charge on any atom is 0.222 e. The highest BCUT2D eigenvalue weighted by Gasteiger charge is 2.31. The van der Waals surface area contributed by atoms with Gasteiger partial charge in [0, 0.05) is 50.2 Å². The van der Waals surface area contributed by atoms with E-state index in [1.165, 1.54) is 13.0 Å². The Morgan fingerprint density at radius 2 is 1.43 bits per heavy atom. The van der Waals surface area contributed by atoms with Crippen LogP contribution < -0.4 is 0 Å². The Bertz CT molecular complexity index is 400. The van der Waals surface area contributed by atoms with E-state index in [-0.39, 0.29) is 11.1 Å². The fourth-order valence-corrected chi connectivity index (χ4v) is 3.79. The lowest BCUT2D eigenvalue weighted by Crippen LogP contribution is -2.54. The highest BCUT2D eigenvalue weighted by molar-refractivity contribution is 5.76. The van der Waals surface area contributed by atoms with Crippen molar-refractivity contribution in [3.8, 4) is 0 Å². The van der Waals surface area contributed by atoms with Gasteiger partial charge in [0.2, 0.25) is 5.91 Å². The summed E-state index contributed by atoms with van der Waals surface area (Å²) < 4.78 is 0. The molecule has 2 heterocycles. The van der Waals surface area contributed by atoms with Gasteiger partial charge >= 0.3 is 0 Å². The van der Waals surface area contributed by atoms with Gasteiger partial charge in [-0.3, -0.25) is 14.6 Å². The molecule has 23 heavy (non-hydrogen) atoms. The smallest absolute Gasteiger partial charge is 0.222 e. The van der Waals surface area contributed by atoms with Crippen LogP contribution in [0.3, 0.4) is 0 Å². The van der Waals surface area contributed by atoms with Crippen LogP contribution >= 0.6 is 0 Å². The summed E-state index contributed by atoms with van der Waals surface area (Å²) in [5, 5.41) is 0. The number of amides is 1. The van der Waals surface area contributed by atoms with Crippen molar-refractivity contribution in [1.82, 2.24) is 14.7 Å². The topological polar surface area (TPSA) is 26.8 Å². The van der Waals surface area contributed by atoms with Crippen molar-refractivity contribution in [1.29, 1.82) is 0 Å². The third kappa shape index (κ3) is 5.18. The molecule has 1 atom stereocenters. The van der Waals surface area contributed by atoms with Crippen LogP contribution in [0.5, 0.6) is 0 Å². The zero-order valence-electron chi connectivity index (χ0n) is 16.2. The van der Waals surface area contributed by atoms with Crippen molar-refractivity contribution in [3.05, 3.63) is 0 Å². The van der Waals surface area contributed by atoms with E-state index in [9.17, 15) is 4.79 Å². The molecule has 2 saturated heterocycles. The standard InChI is InChI=1S/C19H37N3O/c1-18(2,3)21-13-11-20(12-14-21)17(23)8-7-16-9-10-22(15-16)19(4,5)6/h16H,7-15H2,1-6H3. The van der Waals surface area contributed by atoms with Crippen LogP contribution in [-0.4, -0.2) is 71.0 Å². The molecular formula is C19H37N3O. The zero-order valence-corrected chi connectivity index (χ0v) is 16.2. The predicted octanol–water partition coefficient (Wildman–Crippen LogP) is 2.83. The fraction of sp³-hybridized carbons (Fsp3) is 0.947. The van der Waals surface area contributed by atoms with Gasteiger partial charge in [-0.1, -0.05) is 0 Å². The minimum Gasteiger partial charge on any atom is -0.340 e. The van der Waals surface area contributed by atoms with Crippen LogP contribution in [0.2, 0.25) is 0 Å². The van der Waals surface area contributed by atoms with Gasteiger partial charge in [-0.05, 0) is 66.8 Å². The zero-order chi connectivity index (χ0) is 17.3. The van der Waals surface area contributed by atoms with E-state index < -0.39 is 0 Å². The second-order valence-corrected chi connectivity index (χ2v) is 9.35. The molecule has 0 spiro atoms. The van der Waals surface area contributed by atoms with E-state index in [1.807, 2.05) is 0 Å². The van der Waals surface area contributed by atoms with Gasteiger partial charge in [-0.2, -0.15) is 0 Å². The summed E-state index contributed by atoms with van der Waals surface area (Å²) >= 11 is 0. The minimum absolute atomic E-state index is 0.218. The molecule has 2 fully saturated rings. The second kappa shape index (κ2) is 7.10. The molecule has 0 aliphatic carbocycles. The summed E-state index contributed by atoms with van der Waals surface area (Å²) in [6.07, 6.45) is 3.05. The number of carbonyl (C=O) groups excluding carboxylic acids is 1. The molecule has 0 radical (unpaired) electrons. The molecule has 4 heteroatoms. The van der Waals surface area contributed by atoms with Crippen LogP contribution in [0.15, 0.2) is 0 Å². The Kier molecular flexibility index (Phi) is 5.78.